The van der Waals surface area contributed by atoms with Crippen LogP contribution in [0.3, 0.4) is 0 Å². The number of Topliss-reactive ketones (excluding diaryl/α,β-unsaturated/α-hetero) is 1. The van der Waals surface area contributed by atoms with Gasteiger partial charge in [0.05, 0.1) is 6.07 Å². The molecule has 0 aromatic carbocycles. The van der Waals surface area contributed by atoms with E-state index < -0.39 is 11.8 Å². The molecule has 88 valence electrons. The van der Waals surface area contributed by atoms with Gasteiger partial charge in [-0.05, 0) is 25.7 Å². The largest absolute Gasteiger partial charge is 0.352 e. The Bertz CT molecular complexity index is 319. The molecule has 16 heavy (non-hydrogen) atoms. The minimum Gasteiger partial charge on any atom is -0.352 e. The van der Waals surface area contributed by atoms with E-state index in [0.29, 0.717) is 5.92 Å². The molecular formula is C12H18N2O2. The maximum atomic E-state index is 11.7. The third-order valence-electron chi connectivity index (χ3n) is 3.24. The van der Waals surface area contributed by atoms with E-state index in [4.69, 9.17) is 5.26 Å². The average Bonchev–Trinajstić information content (AvgIpc) is 2.22. The van der Waals surface area contributed by atoms with Crippen molar-refractivity contribution in [2.24, 2.45) is 11.8 Å². The molecule has 3 atom stereocenters. The van der Waals surface area contributed by atoms with E-state index in [0.717, 1.165) is 19.3 Å². The number of hydrogen-bond donors (Lipinski definition) is 1. The van der Waals surface area contributed by atoms with Gasteiger partial charge < -0.3 is 5.32 Å². The zero-order valence-electron chi connectivity index (χ0n) is 9.82. The zero-order chi connectivity index (χ0) is 12.1. The molecule has 0 radical (unpaired) electrons. The predicted molar refractivity (Wildman–Crippen MR) is 59.3 cm³/mol. The molecule has 0 saturated heterocycles. The SMILES string of the molecule is CC(=O)C(C#N)C(=O)NC1CCCCC1C. The highest BCUT2D eigenvalue weighted by Crippen LogP contribution is 2.23. The fraction of sp³-hybridized carbons (Fsp3) is 0.750. The highest BCUT2D eigenvalue weighted by Gasteiger charge is 2.28. The second-order valence-electron chi connectivity index (χ2n) is 4.55. The Kier molecular flexibility index (Phi) is 4.48. The van der Waals surface area contributed by atoms with Crippen LogP contribution >= 0.6 is 0 Å². The first-order valence-electron chi connectivity index (χ1n) is 5.76. The number of hydrogen-bond acceptors (Lipinski definition) is 3. The lowest BCUT2D eigenvalue weighted by molar-refractivity contribution is -0.131. The lowest BCUT2D eigenvalue weighted by Crippen LogP contribution is -2.44. The van der Waals surface area contributed by atoms with Crippen molar-refractivity contribution < 1.29 is 9.59 Å². The Morgan fingerprint density at radius 3 is 2.50 bits per heavy atom. The minimum atomic E-state index is -1.14. The second kappa shape index (κ2) is 5.64. The van der Waals surface area contributed by atoms with Crippen LogP contribution in [0.1, 0.15) is 39.5 Å². The minimum absolute atomic E-state index is 0.122. The van der Waals surface area contributed by atoms with Gasteiger partial charge in [-0.1, -0.05) is 19.8 Å². The third-order valence-corrected chi connectivity index (χ3v) is 3.24. The van der Waals surface area contributed by atoms with E-state index in [2.05, 4.69) is 12.2 Å². The first-order valence-corrected chi connectivity index (χ1v) is 5.76. The highest BCUT2D eigenvalue weighted by atomic mass is 16.2. The molecule has 1 N–H and O–H groups in total. The van der Waals surface area contributed by atoms with Crippen LogP contribution in [0, 0.1) is 23.2 Å². The van der Waals surface area contributed by atoms with Gasteiger partial charge in [0, 0.05) is 6.04 Å². The van der Waals surface area contributed by atoms with Crippen LogP contribution in [0.4, 0.5) is 0 Å². The van der Waals surface area contributed by atoms with E-state index in [-0.39, 0.29) is 11.8 Å². The van der Waals surface area contributed by atoms with Crippen molar-refractivity contribution in [2.75, 3.05) is 0 Å². The molecule has 0 bridgehead atoms. The number of amides is 1. The summed E-state index contributed by atoms with van der Waals surface area (Å²) in [6, 6.07) is 1.87. The van der Waals surface area contributed by atoms with Crippen LogP contribution in [-0.2, 0) is 9.59 Å². The summed E-state index contributed by atoms with van der Waals surface area (Å²) in [5.41, 5.74) is 0. The molecule has 1 aliphatic rings. The Balaban J connectivity index is 2.56. The average molecular weight is 222 g/mol. The number of ketones is 1. The fourth-order valence-corrected chi connectivity index (χ4v) is 2.13. The molecule has 0 aromatic heterocycles. The van der Waals surface area contributed by atoms with E-state index in [9.17, 15) is 9.59 Å². The molecule has 0 spiro atoms. The standard InChI is InChI=1S/C12H18N2O2/c1-8-5-3-4-6-11(8)14-12(16)10(7-13)9(2)15/h8,10-11H,3-6H2,1-2H3,(H,14,16). The molecule has 0 aliphatic heterocycles. The van der Waals surface area contributed by atoms with Gasteiger partial charge in [-0.3, -0.25) is 9.59 Å². The maximum absolute atomic E-state index is 11.7. The number of nitrogens with zero attached hydrogens (tertiary/aromatic N) is 1. The molecule has 4 nitrogen and oxygen atoms in total. The molecule has 1 aliphatic carbocycles. The second-order valence-corrected chi connectivity index (χ2v) is 4.55. The smallest absolute Gasteiger partial charge is 0.245 e. The first kappa shape index (κ1) is 12.7. The van der Waals surface area contributed by atoms with Crippen LogP contribution in [0.2, 0.25) is 0 Å². The lowest BCUT2D eigenvalue weighted by Gasteiger charge is -2.29. The Morgan fingerprint density at radius 2 is 2.00 bits per heavy atom. The van der Waals surface area contributed by atoms with Crippen LogP contribution < -0.4 is 5.32 Å². The number of nitriles is 1. The van der Waals surface area contributed by atoms with Gasteiger partial charge >= 0.3 is 0 Å². The van der Waals surface area contributed by atoms with Crippen molar-refractivity contribution in [1.82, 2.24) is 5.32 Å². The van der Waals surface area contributed by atoms with Crippen LogP contribution in [0.15, 0.2) is 0 Å². The van der Waals surface area contributed by atoms with Crippen molar-refractivity contribution >= 4 is 11.7 Å². The molecule has 1 fully saturated rings. The Morgan fingerprint density at radius 1 is 1.38 bits per heavy atom. The predicted octanol–water partition coefficient (Wildman–Crippen LogP) is 1.41. The van der Waals surface area contributed by atoms with Gasteiger partial charge in [0.2, 0.25) is 5.91 Å². The molecule has 4 heteroatoms. The first-order chi connectivity index (χ1) is 7.56. The van der Waals surface area contributed by atoms with E-state index in [1.165, 1.54) is 13.3 Å². The van der Waals surface area contributed by atoms with Gasteiger partial charge in [-0.25, -0.2) is 0 Å². The van der Waals surface area contributed by atoms with E-state index in [1.807, 2.05) is 0 Å². The summed E-state index contributed by atoms with van der Waals surface area (Å²) in [7, 11) is 0. The molecule has 1 rings (SSSR count). The third kappa shape index (κ3) is 3.06. The van der Waals surface area contributed by atoms with Crippen molar-refractivity contribution in [1.29, 1.82) is 5.26 Å². The van der Waals surface area contributed by atoms with Crippen LogP contribution in [0.25, 0.3) is 0 Å². The number of carbonyl (C=O) groups excluding carboxylic acids is 2. The van der Waals surface area contributed by atoms with Gasteiger partial charge in [0.15, 0.2) is 11.7 Å². The molecule has 1 saturated carbocycles. The number of rotatable bonds is 3. The van der Waals surface area contributed by atoms with Gasteiger partial charge in [0.1, 0.15) is 0 Å². The lowest BCUT2D eigenvalue weighted by atomic mass is 9.85. The zero-order valence-corrected chi connectivity index (χ0v) is 9.82. The summed E-state index contributed by atoms with van der Waals surface area (Å²) in [6.07, 6.45) is 4.35. The molecule has 0 aromatic rings. The van der Waals surface area contributed by atoms with Gasteiger partial charge in [-0.15, -0.1) is 0 Å². The number of carbonyl (C=O) groups is 2. The van der Waals surface area contributed by atoms with Crippen molar-refractivity contribution in [3.05, 3.63) is 0 Å². The van der Waals surface area contributed by atoms with Gasteiger partial charge in [0.25, 0.3) is 0 Å². The monoisotopic (exact) mass is 222 g/mol. The summed E-state index contributed by atoms with van der Waals surface area (Å²) in [6.45, 7) is 3.37. The Labute approximate surface area is 96.0 Å². The van der Waals surface area contributed by atoms with Gasteiger partial charge in [-0.2, -0.15) is 5.26 Å². The van der Waals surface area contributed by atoms with Crippen molar-refractivity contribution in [3.8, 4) is 6.07 Å². The topological polar surface area (TPSA) is 70.0 Å². The van der Waals surface area contributed by atoms with E-state index in [1.54, 1.807) is 6.07 Å². The molecule has 3 unspecified atom stereocenters. The van der Waals surface area contributed by atoms with Crippen LogP contribution in [0.5, 0.6) is 0 Å². The fourth-order valence-electron chi connectivity index (χ4n) is 2.13. The summed E-state index contributed by atoms with van der Waals surface area (Å²) in [5, 5.41) is 11.5. The molecular weight excluding hydrogens is 204 g/mol. The summed E-state index contributed by atoms with van der Waals surface area (Å²) >= 11 is 0. The quantitative estimate of drug-likeness (QED) is 0.734. The highest BCUT2D eigenvalue weighted by molar-refractivity contribution is 6.02. The van der Waals surface area contributed by atoms with Crippen molar-refractivity contribution in [3.63, 3.8) is 0 Å². The maximum Gasteiger partial charge on any atom is 0.245 e. The molecule has 1 amide bonds. The summed E-state index contributed by atoms with van der Waals surface area (Å²) in [5.74, 6) is -1.53. The normalized spacial score (nSPS) is 26.6. The van der Waals surface area contributed by atoms with Crippen molar-refractivity contribution in [2.45, 2.75) is 45.6 Å². The van der Waals surface area contributed by atoms with Crippen LogP contribution in [-0.4, -0.2) is 17.7 Å². The molecule has 0 heterocycles. The summed E-state index contributed by atoms with van der Waals surface area (Å²) in [4.78, 5) is 22.7. The number of nitrogens with one attached hydrogen (secondary N) is 1. The Hall–Kier alpha value is -1.37. The summed E-state index contributed by atoms with van der Waals surface area (Å²) < 4.78 is 0. The van der Waals surface area contributed by atoms with E-state index >= 15 is 0 Å².